The van der Waals surface area contributed by atoms with E-state index in [-0.39, 0.29) is 12.8 Å². The third-order valence-corrected chi connectivity index (χ3v) is 18.3. The first kappa shape index (κ1) is 63.9. The number of aryl methyl sites for hydroxylation is 7. The Bertz CT molecular complexity index is 5120. The summed E-state index contributed by atoms with van der Waals surface area (Å²) in [6, 6.07) is 114. The molecular weight excluding hydrogens is 1120 g/mol. The van der Waals surface area contributed by atoms with Gasteiger partial charge in [-0.2, -0.15) is 0 Å². The molecule has 0 fully saturated rings. The van der Waals surface area contributed by atoms with E-state index in [0.717, 1.165) is 0 Å². The van der Waals surface area contributed by atoms with Crippen molar-refractivity contribution in [3.63, 3.8) is 0 Å². The van der Waals surface area contributed by atoms with Gasteiger partial charge >= 0.3 is 0 Å². The van der Waals surface area contributed by atoms with Crippen LogP contribution in [0.3, 0.4) is 0 Å². The monoisotopic (exact) mass is 1200 g/mol. The largest absolute Gasteiger partial charge is 0.0776 e. The molecule has 16 aromatic carbocycles. The minimum absolute atomic E-state index is 0. The van der Waals surface area contributed by atoms with Gasteiger partial charge in [-0.1, -0.05) is 365 Å². The van der Waals surface area contributed by atoms with Crippen molar-refractivity contribution < 1.29 is 0 Å². The molecule has 0 N–H and O–H groups in total. The molecule has 0 aliphatic heterocycles. The van der Waals surface area contributed by atoms with Crippen LogP contribution in [-0.2, 0) is 5.41 Å². The first-order chi connectivity index (χ1) is 44.8. The average molecular weight is 1200 g/mol. The van der Waals surface area contributed by atoms with Gasteiger partial charge in [-0.05, 0) is 185 Å². The van der Waals surface area contributed by atoms with Gasteiger partial charge in [0.1, 0.15) is 0 Å². The molecule has 0 spiro atoms. The molecule has 0 nitrogen and oxygen atoms in total. The van der Waals surface area contributed by atoms with Crippen molar-refractivity contribution in [1.82, 2.24) is 0 Å². The van der Waals surface area contributed by atoms with Crippen LogP contribution in [0.5, 0.6) is 0 Å². The molecule has 0 bridgehead atoms. The van der Waals surface area contributed by atoms with Gasteiger partial charge in [-0.3, -0.25) is 0 Å². The van der Waals surface area contributed by atoms with Crippen LogP contribution in [0.25, 0.3) is 109 Å². The maximum Gasteiger partial charge on any atom is 0.0158 e. The van der Waals surface area contributed by atoms with Crippen molar-refractivity contribution in [2.75, 3.05) is 0 Å². The number of benzene rings is 16. The molecular formula is C93H84. The molecule has 456 valence electrons. The number of hydrogen-bond acceptors (Lipinski definition) is 0. The summed E-state index contributed by atoms with van der Waals surface area (Å²) in [5.41, 5.74) is 23.3. The summed E-state index contributed by atoms with van der Waals surface area (Å²) >= 11 is 0. The van der Waals surface area contributed by atoms with Crippen LogP contribution in [0.1, 0.15) is 71.3 Å². The van der Waals surface area contributed by atoms with Crippen molar-refractivity contribution in [3.8, 4) is 44.5 Å². The maximum absolute atomic E-state index is 2.33. The van der Waals surface area contributed by atoms with Gasteiger partial charge in [0.25, 0.3) is 0 Å². The van der Waals surface area contributed by atoms with Crippen LogP contribution in [0.15, 0.2) is 322 Å². The minimum atomic E-state index is 0. The molecule has 0 saturated carbocycles. The second kappa shape index (κ2) is 28.7. The predicted molar refractivity (Wildman–Crippen MR) is 409 cm³/mol. The van der Waals surface area contributed by atoms with Crippen molar-refractivity contribution >= 4 is 64.6 Å². The van der Waals surface area contributed by atoms with Crippen LogP contribution in [0.2, 0.25) is 0 Å². The number of rotatable bonds is 1. The SMILES string of the molecule is C.Cc1ccc(-c2ccccc2)cc1.Cc1ccc2c(c1)C(C)(C)c1ccccc1-2.Cc1ccc2c3c(cccc13)-c1ccccc1-2.Cc1ccc2ccc3cccc4ccc1c2c34.Cc1ccc2ccccc2c1.Cc1cccc2ccccc12.Cc1ccccc1. The fourth-order valence-corrected chi connectivity index (χ4v) is 13.3. The van der Waals surface area contributed by atoms with Gasteiger partial charge in [-0.15, -0.1) is 0 Å². The summed E-state index contributed by atoms with van der Waals surface area (Å²) in [6.45, 7) is 19.6. The van der Waals surface area contributed by atoms with E-state index in [0.29, 0.717) is 0 Å². The lowest BCUT2D eigenvalue weighted by Gasteiger charge is -2.21. The Kier molecular flexibility index (Phi) is 19.7. The van der Waals surface area contributed by atoms with E-state index in [1.165, 1.54) is 159 Å². The summed E-state index contributed by atoms with van der Waals surface area (Å²) in [6.07, 6.45) is 0. The molecule has 0 saturated heterocycles. The summed E-state index contributed by atoms with van der Waals surface area (Å²) in [7, 11) is 0. The lowest BCUT2D eigenvalue weighted by atomic mass is 9.82. The van der Waals surface area contributed by atoms with Crippen molar-refractivity contribution in [1.29, 1.82) is 0 Å². The lowest BCUT2D eigenvalue weighted by molar-refractivity contribution is 0.660. The number of hydrogen-bond donors (Lipinski definition) is 0. The molecule has 0 heterocycles. The average Bonchev–Trinajstić information content (AvgIpc) is 1.74. The zero-order valence-electron chi connectivity index (χ0n) is 54.6. The zero-order chi connectivity index (χ0) is 63.7. The van der Waals surface area contributed by atoms with Crippen LogP contribution in [-0.4, -0.2) is 0 Å². The highest BCUT2D eigenvalue weighted by Gasteiger charge is 2.34. The van der Waals surface area contributed by atoms with E-state index in [1.807, 2.05) is 24.3 Å². The third kappa shape index (κ3) is 14.0. The van der Waals surface area contributed by atoms with Gasteiger partial charge in [-0.25, -0.2) is 0 Å². The van der Waals surface area contributed by atoms with Crippen LogP contribution >= 0.6 is 0 Å². The molecule has 2 aliphatic carbocycles. The quantitative estimate of drug-likeness (QED) is 0.144. The fourth-order valence-electron chi connectivity index (χ4n) is 13.3. The van der Waals surface area contributed by atoms with Crippen LogP contribution in [0.4, 0.5) is 0 Å². The maximum atomic E-state index is 2.33. The Balaban J connectivity index is 0.000000112. The molecule has 0 aromatic heterocycles. The van der Waals surface area contributed by atoms with E-state index in [4.69, 9.17) is 0 Å². The fraction of sp³-hybridized carbons (Fsp3) is 0.118. The predicted octanol–water partition coefficient (Wildman–Crippen LogP) is 26.6. The van der Waals surface area contributed by atoms with E-state index in [1.54, 1.807) is 0 Å². The molecule has 0 unspecified atom stereocenters. The van der Waals surface area contributed by atoms with E-state index < -0.39 is 0 Å². The minimum Gasteiger partial charge on any atom is -0.0776 e. The molecule has 0 radical (unpaired) electrons. The molecule has 16 aromatic rings. The van der Waals surface area contributed by atoms with Crippen molar-refractivity contribution in [3.05, 3.63) is 372 Å². The molecule has 18 rings (SSSR count). The van der Waals surface area contributed by atoms with Gasteiger partial charge in [0.15, 0.2) is 0 Å². The zero-order valence-corrected chi connectivity index (χ0v) is 54.6. The highest BCUT2D eigenvalue weighted by atomic mass is 14.4. The summed E-state index contributed by atoms with van der Waals surface area (Å²) < 4.78 is 0. The first-order valence-corrected chi connectivity index (χ1v) is 32.3. The van der Waals surface area contributed by atoms with Gasteiger partial charge in [0.2, 0.25) is 0 Å². The highest BCUT2D eigenvalue weighted by molar-refractivity contribution is 6.23. The van der Waals surface area contributed by atoms with Crippen molar-refractivity contribution in [2.24, 2.45) is 0 Å². The Morgan fingerprint density at radius 1 is 0.204 bits per heavy atom. The second-order valence-electron chi connectivity index (χ2n) is 25.2. The normalized spacial score (nSPS) is 11.5. The standard InChI is InChI=1S/2C17H12.C16H16.C13H12.2C11H10.C7H8.CH4/c1-11-9-10-16-14-6-3-2-5-13(14)15-8-4-7-12(11)17(15)16;1-11-5-6-14-8-7-12-3-2-4-13-9-10-15(11)17(14)16(12)13;1-11-8-9-13-12-6-4-5-7-14(12)16(2,3)15(13)10-11;1-11-7-9-13(10-8-11)12-5-3-2-4-6-12;1-9-5-4-7-10-6-2-3-8-11(9)10;1-9-6-7-10-4-2-3-5-11(10)8-9;1-7-5-3-2-4-6-7;/h2*2-10H,1H3;4-10H,1-3H3;2-10H,1H3;2*2-8H,1H3;2-6H,1H3;1H4. The molecule has 0 atom stereocenters. The van der Waals surface area contributed by atoms with Gasteiger partial charge < -0.3 is 0 Å². The number of fused-ring (bicyclic) bond motifs is 8. The lowest BCUT2D eigenvalue weighted by Crippen LogP contribution is -2.14. The topological polar surface area (TPSA) is 0 Å². The summed E-state index contributed by atoms with van der Waals surface area (Å²) in [4.78, 5) is 0. The second-order valence-corrected chi connectivity index (χ2v) is 25.2. The van der Waals surface area contributed by atoms with Crippen LogP contribution < -0.4 is 0 Å². The Labute approximate surface area is 552 Å². The Morgan fingerprint density at radius 3 is 1.28 bits per heavy atom. The van der Waals surface area contributed by atoms with Gasteiger partial charge in [0, 0.05) is 5.41 Å². The van der Waals surface area contributed by atoms with Gasteiger partial charge in [0.05, 0.1) is 0 Å². The smallest absolute Gasteiger partial charge is 0.0158 e. The first-order valence-electron chi connectivity index (χ1n) is 32.3. The van der Waals surface area contributed by atoms with E-state index >= 15 is 0 Å². The molecule has 2 aliphatic rings. The van der Waals surface area contributed by atoms with Crippen molar-refractivity contribution in [2.45, 2.75) is 75.2 Å². The van der Waals surface area contributed by atoms with Crippen LogP contribution in [0, 0.1) is 48.5 Å². The summed E-state index contributed by atoms with van der Waals surface area (Å²) in [5, 5.41) is 16.4. The third-order valence-electron chi connectivity index (χ3n) is 18.3. The highest BCUT2D eigenvalue weighted by Crippen LogP contribution is 2.49. The van der Waals surface area contributed by atoms with E-state index in [9.17, 15) is 0 Å². The Morgan fingerprint density at radius 2 is 0.602 bits per heavy atom. The molecule has 0 heteroatoms. The molecule has 93 heavy (non-hydrogen) atoms. The molecule has 0 amide bonds. The summed E-state index contributed by atoms with van der Waals surface area (Å²) in [5.74, 6) is 0. The Hall–Kier alpha value is -10.7. The van der Waals surface area contributed by atoms with E-state index in [2.05, 4.69) is 360 Å².